The van der Waals surface area contributed by atoms with Crippen LogP contribution >= 0.6 is 0 Å². The lowest BCUT2D eigenvalue weighted by Gasteiger charge is -2.22. The third-order valence-electron chi connectivity index (χ3n) is 1.92. The lowest BCUT2D eigenvalue weighted by atomic mass is 10.1. The Morgan fingerprint density at radius 3 is 2.94 bits per heavy atom. The molecule has 1 rings (SSSR count). The number of aromatic nitrogens is 3. The normalized spacial score (nSPS) is 14.5. The van der Waals surface area contributed by atoms with Gasteiger partial charge in [-0.15, -0.1) is 5.10 Å². The van der Waals surface area contributed by atoms with E-state index in [4.69, 9.17) is 4.74 Å². The van der Waals surface area contributed by atoms with Gasteiger partial charge in [0, 0.05) is 20.7 Å². The Morgan fingerprint density at radius 1 is 1.75 bits per heavy atom. The highest BCUT2D eigenvalue weighted by atomic mass is 16.5. The summed E-state index contributed by atoms with van der Waals surface area (Å²) in [5.74, 6) is -0.371. The van der Waals surface area contributed by atoms with E-state index in [1.165, 1.54) is 18.0 Å². The molecule has 1 heterocycles. The number of methoxy groups -OCH3 is 1. The molecule has 0 aliphatic rings. The van der Waals surface area contributed by atoms with E-state index in [0.29, 0.717) is 0 Å². The molecule has 2 N–H and O–H groups in total. The summed E-state index contributed by atoms with van der Waals surface area (Å²) >= 11 is 0. The Balaban J connectivity index is 2.47. The zero-order valence-electron chi connectivity index (χ0n) is 9.60. The van der Waals surface area contributed by atoms with Crippen molar-refractivity contribution in [3.05, 3.63) is 11.9 Å². The fourth-order valence-corrected chi connectivity index (χ4v) is 1.17. The number of nitrogens with one attached hydrogen (secondary N) is 1. The number of aliphatic hydroxyl groups is 1. The van der Waals surface area contributed by atoms with Gasteiger partial charge in [0.15, 0.2) is 5.69 Å². The molecular formula is C9H16N4O3. The number of hydrogen-bond donors (Lipinski definition) is 2. The maximum atomic E-state index is 11.5. The van der Waals surface area contributed by atoms with Crippen LogP contribution in [-0.4, -0.2) is 51.9 Å². The molecule has 0 unspecified atom stereocenters. The number of carbonyl (C=O) groups excluding carboxylic acids is 1. The summed E-state index contributed by atoms with van der Waals surface area (Å²) in [7, 11) is 3.16. The molecule has 0 aromatic carbocycles. The van der Waals surface area contributed by atoms with Crippen molar-refractivity contribution in [1.82, 2.24) is 20.3 Å². The molecule has 0 bridgehead atoms. The van der Waals surface area contributed by atoms with Gasteiger partial charge in [-0.2, -0.15) is 0 Å². The van der Waals surface area contributed by atoms with Crippen molar-refractivity contribution in [2.24, 2.45) is 7.05 Å². The van der Waals surface area contributed by atoms with Crippen molar-refractivity contribution in [3.8, 4) is 0 Å². The number of amides is 1. The van der Waals surface area contributed by atoms with Gasteiger partial charge in [-0.05, 0) is 6.92 Å². The average molecular weight is 228 g/mol. The lowest BCUT2D eigenvalue weighted by Crippen LogP contribution is -2.43. The zero-order chi connectivity index (χ0) is 12.2. The number of rotatable bonds is 5. The lowest BCUT2D eigenvalue weighted by molar-refractivity contribution is -0.0147. The molecule has 16 heavy (non-hydrogen) atoms. The second-order valence-corrected chi connectivity index (χ2v) is 3.89. The monoisotopic (exact) mass is 228 g/mol. The fraction of sp³-hybridized carbons (Fsp3) is 0.667. The smallest absolute Gasteiger partial charge is 0.273 e. The van der Waals surface area contributed by atoms with E-state index < -0.39 is 5.60 Å². The summed E-state index contributed by atoms with van der Waals surface area (Å²) in [5.41, 5.74) is -0.872. The first-order valence-corrected chi connectivity index (χ1v) is 4.80. The molecule has 0 aliphatic carbocycles. The molecule has 0 aliphatic heterocycles. The van der Waals surface area contributed by atoms with Crippen LogP contribution in [0.3, 0.4) is 0 Å². The Kier molecular flexibility index (Phi) is 3.97. The molecule has 0 spiro atoms. The van der Waals surface area contributed by atoms with Gasteiger partial charge < -0.3 is 15.2 Å². The van der Waals surface area contributed by atoms with E-state index in [0.717, 1.165) is 0 Å². The Labute approximate surface area is 93.4 Å². The first-order valence-electron chi connectivity index (χ1n) is 4.80. The van der Waals surface area contributed by atoms with E-state index in [-0.39, 0.29) is 24.8 Å². The van der Waals surface area contributed by atoms with Crippen LogP contribution in [0.25, 0.3) is 0 Å². The Bertz CT molecular complexity index is 361. The molecule has 1 amide bonds. The standard InChI is InChI=1S/C9H16N4O3/c1-9(15,6-16-3)5-10-8(14)7-4-13(2)12-11-7/h4,15H,5-6H2,1-3H3,(H,10,14)/t9-/m0/s1. The van der Waals surface area contributed by atoms with Gasteiger partial charge in [0.2, 0.25) is 0 Å². The van der Waals surface area contributed by atoms with Gasteiger partial charge in [0.05, 0.1) is 12.8 Å². The topological polar surface area (TPSA) is 89.3 Å². The number of carbonyl (C=O) groups is 1. The maximum absolute atomic E-state index is 11.5. The van der Waals surface area contributed by atoms with Crippen LogP contribution in [0.4, 0.5) is 0 Å². The first-order chi connectivity index (χ1) is 7.44. The predicted molar refractivity (Wildman–Crippen MR) is 55.8 cm³/mol. The molecule has 1 atom stereocenters. The minimum atomic E-state index is -1.09. The highest BCUT2D eigenvalue weighted by Gasteiger charge is 2.22. The van der Waals surface area contributed by atoms with Crippen LogP contribution in [0.2, 0.25) is 0 Å². The molecule has 90 valence electrons. The second-order valence-electron chi connectivity index (χ2n) is 3.89. The summed E-state index contributed by atoms with van der Waals surface area (Å²) in [6.07, 6.45) is 1.50. The van der Waals surface area contributed by atoms with Gasteiger partial charge in [-0.3, -0.25) is 9.48 Å². The molecule has 0 saturated carbocycles. The summed E-state index contributed by atoms with van der Waals surface area (Å²) in [4.78, 5) is 11.5. The molecule has 1 aromatic rings. The highest BCUT2D eigenvalue weighted by Crippen LogP contribution is 2.01. The Morgan fingerprint density at radius 2 is 2.44 bits per heavy atom. The largest absolute Gasteiger partial charge is 0.386 e. The number of hydrogen-bond acceptors (Lipinski definition) is 5. The van der Waals surface area contributed by atoms with Crippen molar-refractivity contribution >= 4 is 5.91 Å². The van der Waals surface area contributed by atoms with Crippen LogP contribution in [0, 0.1) is 0 Å². The minimum absolute atomic E-state index is 0.0935. The van der Waals surface area contributed by atoms with E-state index in [9.17, 15) is 9.90 Å². The number of ether oxygens (including phenoxy) is 1. The molecule has 1 aromatic heterocycles. The minimum Gasteiger partial charge on any atom is -0.386 e. The van der Waals surface area contributed by atoms with Crippen LogP contribution in [-0.2, 0) is 11.8 Å². The first kappa shape index (κ1) is 12.6. The van der Waals surface area contributed by atoms with Crippen LogP contribution in [0.15, 0.2) is 6.20 Å². The maximum Gasteiger partial charge on any atom is 0.273 e. The number of nitrogens with zero attached hydrogens (tertiary/aromatic N) is 3. The van der Waals surface area contributed by atoms with Crippen molar-refractivity contribution in [2.45, 2.75) is 12.5 Å². The Hall–Kier alpha value is -1.47. The van der Waals surface area contributed by atoms with Gasteiger partial charge in [0.25, 0.3) is 5.91 Å². The second kappa shape index (κ2) is 5.04. The highest BCUT2D eigenvalue weighted by molar-refractivity contribution is 5.91. The molecule has 0 saturated heterocycles. The van der Waals surface area contributed by atoms with Gasteiger partial charge in [-0.1, -0.05) is 5.21 Å². The molecule has 7 heteroatoms. The summed E-state index contributed by atoms with van der Waals surface area (Å²) in [6.45, 7) is 1.82. The quantitative estimate of drug-likeness (QED) is 0.670. The van der Waals surface area contributed by atoms with Crippen LogP contribution in [0.5, 0.6) is 0 Å². The molecule has 7 nitrogen and oxygen atoms in total. The van der Waals surface area contributed by atoms with E-state index >= 15 is 0 Å². The van der Waals surface area contributed by atoms with Gasteiger partial charge >= 0.3 is 0 Å². The third kappa shape index (κ3) is 3.59. The van der Waals surface area contributed by atoms with E-state index in [1.807, 2.05) is 0 Å². The molecule has 0 fully saturated rings. The number of aryl methyl sites for hydroxylation is 1. The average Bonchev–Trinajstić information content (AvgIpc) is 2.61. The molecular weight excluding hydrogens is 212 g/mol. The van der Waals surface area contributed by atoms with Crippen LogP contribution in [0.1, 0.15) is 17.4 Å². The van der Waals surface area contributed by atoms with E-state index in [1.54, 1.807) is 14.0 Å². The SMILES string of the molecule is COC[C@@](C)(O)CNC(=O)c1cn(C)nn1. The van der Waals surface area contributed by atoms with Crippen molar-refractivity contribution < 1.29 is 14.6 Å². The molecule has 0 radical (unpaired) electrons. The van der Waals surface area contributed by atoms with Crippen molar-refractivity contribution in [2.75, 3.05) is 20.3 Å². The summed E-state index contributed by atoms with van der Waals surface area (Å²) in [5, 5.41) is 19.6. The van der Waals surface area contributed by atoms with E-state index in [2.05, 4.69) is 15.6 Å². The predicted octanol–water partition coefficient (Wildman–Crippen LogP) is -1.06. The van der Waals surface area contributed by atoms with Crippen molar-refractivity contribution in [3.63, 3.8) is 0 Å². The third-order valence-corrected chi connectivity index (χ3v) is 1.92. The van der Waals surface area contributed by atoms with Gasteiger partial charge in [0.1, 0.15) is 5.60 Å². The summed E-state index contributed by atoms with van der Waals surface area (Å²) in [6, 6.07) is 0. The van der Waals surface area contributed by atoms with Crippen molar-refractivity contribution in [1.29, 1.82) is 0 Å². The zero-order valence-corrected chi connectivity index (χ0v) is 9.60. The van der Waals surface area contributed by atoms with Crippen LogP contribution < -0.4 is 5.32 Å². The fourth-order valence-electron chi connectivity index (χ4n) is 1.17. The van der Waals surface area contributed by atoms with Gasteiger partial charge in [-0.25, -0.2) is 0 Å². The summed E-state index contributed by atoms with van der Waals surface area (Å²) < 4.78 is 6.25.